The van der Waals surface area contributed by atoms with E-state index in [2.05, 4.69) is 29.4 Å². The van der Waals surface area contributed by atoms with E-state index in [1.54, 1.807) is 13.4 Å². The minimum atomic E-state index is 0.0384. The van der Waals surface area contributed by atoms with Gasteiger partial charge in [0.2, 0.25) is 5.95 Å². The van der Waals surface area contributed by atoms with Gasteiger partial charge in [0.25, 0.3) is 0 Å². The molecule has 0 spiro atoms. The van der Waals surface area contributed by atoms with Crippen LogP contribution in [0.25, 0.3) is 28.1 Å². The summed E-state index contributed by atoms with van der Waals surface area (Å²) in [6.45, 7) is 2.10. The zero-order chi connectivity index (χ0) is 21.9. The molecule has 0 aliphatic carbocycles. The molecule has 6 nitrogen and oxygen atoms in total. The third-order valence-corrected chi connectivity index (χ3v) is 5.44. The molecule has 2 aromatic heterocycles. The molecule has 0 unspecified atom stereocenters. The van der Waals surface area contributed by atoms with Gasteiger partial charge >= 0.3 is 0 Å². The molecule has 1 N–H and O–H groups in total. The molecule has 0 aliphatic heterocycles. The molecule has 0 saturated heterocycles. The number of hydrogen-bond donors (Lipinski definition) is 1. The predicted molar refractivity (Wildman–Crippen MR) is 127 cm³/mol. The molecule has 2 heterocycles. The average molecular weight is 422 g/mol. The SMILES string of the molecule is COc1ccccc1-c1cc(-n2cnc3ccccc32)nc(N[C@@H](C)c2ccccc2)n1. The maximum absolute atomic E-state index is 5.59. The van der Waals surface area contributed by atoms with Crippen molar-refractivity contribution < 1.29 is 4.74 Å². The van der Waals surface area contributed by atoms with Gasteiger partial charge in [-0.05, 0) is 36.8 Å². The molecule has 1 atom stereocenters. The number of fused-ring (bicyclic) bond motifs is 1. The summed E-state index contributed by atoms with van der Waals surface area (Å²) in [5.74, 6) is 2.03. The van der Waals surface area contributed by atoms with Crippen molar-refractivity contribution in [1.29, 1.82) is 0 Å². The van der Waals surface area contributed by atoms with E-state index < -0.39 is 0 Å². The Hall–Kier alpha value is -4.19. The first-order valence-electron chi connectivity index (χ1n) is 10.5. The second-order valence-corrected chi connectivity index (χ2v) is 7.52. The van der Waals surface area contributed by atoms with Crippen LogP contribution in [0.5, 0.6) is 5.75 Å². The molecule has 0 amide bonds. The topological polar surface area (TPSA) is 64.9 Å². The molecule has 0 bridgehead atoms. The normalized spacial score (nSPS) is 11.9. The fraction of sp³-hybridized carbons (Fsp3) is 0.115. The van der Waals surface area contributed by atoms with Crippen LogP contribution >= 0.6 is 0 Å². The van der Waals surface area contributed by atoms with E-state index in [4.69, 9.17) is 14.7 Å². The highest BCUT2D eigenvalue weighted by atomic mass is 16.5. The van der Waals surface area contributed by atoms with Gasteiger partial charge in [-0.3, -0.25) is 4.57 Å². The average Bonchev–Trinajstić information content (AvgIpc) is 3.28. The third-order valence-electron chi connectivity index (χ3n) is 5.44. The highest BCUT2D eigenvalue weighted by Gasteiger charge is 2.15. The summed E-state index contributed by atoms with van der Waals surface area (Å²) in [6, 6.07) is 28.1. The van der Waals surface area contributed by atoms with Crippen LogP contribution in [0.15, 0.2) is 91.3 Å². The van der Waals surface area contributed by atoms with Gasteiger partial charge in [-0.15, -0.1) is 0 Å². The van der Waals surface area contributed by atoms with Gasteiger partial charge in [-0.2, -0.15) is 4.98 Å². The lowest BCUT2D eigenvalue weighted by Crippen LogP contribution is -2.11. The quantitative estimate of drug-likeness (QED) is 0.383. The molecule has 0 saturated carbocycles. The van der Waals surface area contributed by atoms with Gasteiger partial charge in [0.15, 0.2) is 0 Å². The van der Waals surface area contributed by atoms with Crippen LogP contribution in [0.1, 0.15) is 18.5 Å². The zero-order valence-electron chi connectivity index (χ0n) is 17.9. The first-order valence-corrected chi connectivity index (χ1v) is 10.5. The summed E-state index contributed by atoms with van der Waals surface area (Å²) in [5, 5.41) is 3.46. The number of aromatic nitrogens is 4. The molecule has 0 radical (unpaired) electrons. The highest BCUT2D eigenvalue weighted by molar-refractivity contribution is 5.77. The number of anilines is 1. The lowest BCUT2D eigenvalue weighted by Gasteiger charge is -2.17. The number of para-hydroxylation sites is 3. The Morgan fingerprint density at radius 1 is 0.875 bits per heavy atom. The molecule has 5 aromatic rings. The van der Waals surface area contributed by atoms with E-state index in [9.17, 15) is 0 Å². The summed E-state index contributed by atoms with van der Waals surface area (Å²) in [4.78, 5) is 14.2. The monoisotopic (exact) mass is 421 g/mol. The lowest BCUT2D eigenvalue weighted by molar-refractivity contribution is 0.416. The Balaban J connectivity index is 1.64. The van der Waals surface area contributed by atoms with Crippen molar-refractivity contribution >= 4 is 17.0 Å². The zero-order valence-corrected chi connectivity index (χ0v) is 17.9. The highest BCUT2D eigenvalue weighted by Crippen LogP contribution is 2.31. The number of nitrogens with one attached hydrogen (secondary N) is 1. The minimum absolute atomic E-state index is 0.0384. The maximum atomic E-state index is 5.59. The van der Waals surface area contributed by atoms with Gasteiger partial charge in [0.05, 0.1) is 29.9 Å². The molecule has 0 aliphatic rings. The van der Waals surface area contributed by atoms with Gasteiger partial charge in [0, 0.05) is 11.6 Å². The molecular weight excluding hydrogens is 398 g/mol. The Kier molecular flexibility index (Phi) is 5.25. The molecule has 6 heteroatoms. The van der Waals surface area contributed by atoms with Gasteiger partial charge < -0.3 is 10.1 Å². The summed E-state index contributed by atoms with van der Waals surface area (Å²) in [6.07, 6.45) is 1.80. The van der Waals surface area contributed by atoms with Crippen molar-refractivity contribution in [2.24, 2.45) is 0 Å². The molecule has 32 heavy (non-hydrogen) atoms. The smallest absolute Gasteiger partial charge is 0.225 e. The lowest BCUT2D eigenvalue weighted by atomic mass is 10.1. The van der Waals surface area contributed by atoms with Crippen molar-refractivity contribution in [2.75, 3.05) is 12.4 Å². The van der Waals surface area contributed by atoms with Crippen molar-refractivity contribution in [3.8, 4) is 22.8 Å². The summed E-state index contributed by atoms with van der Waals surface area (Å²) >= 11 is 0. The maximum Gasteiger partial charge on any atom is 0.225 e. The Bertz CT molecular complexity index is 1360. The van der Waals surface area contributed by atoms with E-state index >= 15 is 0 Å². The number of methoxy groups -OCH3 is 1. The van der Waals surface area contributed by atoms with Crippen molar-refractivity contribution in [1.82, 2.24) is 19.5 Å². The van der Waals surface area contributed by atoms with E-state index in [0.717, 1.165) is 39.4 Å². The van der Waals surface area contributed by atoms with Gasteiger partial charge in [0.1, 0.15) is 17.9 Å². The van der Waals surface area contributed by atoms with E-state index in [0.29, 0.717) is 5.95 Å². The van der Waals surface area contributed by atoms with Crippen LogP contribution < -0.4 is 10.1 Å². The number of nitrogens with zero attached hydrogens (tertiary/aromatic N) is 4. The van der Waals surface area contributed by atoms with E-state index in [1.165, 1.54) is 0 Å². The number of rotatable bonds is 6. The van der Waals surface area contributed by atoms with Crippen molar-refractivity contribution in [3.05, 3.63) is 96.8 Å². The molecular formula is C26H23N5O. The summed E-state index contributed by atoms with van der Waals surface area (Å²) in [7, 11) is 1.67. The fourth-order valence-corrected chi connectivity index (χ4v) is 3.78. The van der Waals surface area contributed by atoms with Crippen molar-refractivity contribution in [2.45, 2.75) is 13.0 Å². The van der Waals surface area contributed by atoms with Gasteiger partial charge in [-0.25, -0.2) is 9.97 Å². The first kappa shape index (κ1) is 19.8. The van der Waals surface area contributed by atoms with Crippen LogP contribution in [-0.4, -0.2) is 26.6 Å². The van der Waals surface area contributed by atoms with Crippen LogP contribution in [0, 0.1) is 0 Å². The largest absolute Gasteiger partial charge is 0.496 e. The van der Waals surface area contributed by atoms with Crippen LogP contribution in [0.4, 0.5) is 5.95 Å². The second kappa shape index (κ2) is 8.51. The number of hydrogen-bond acceptors (Lipinski definition) is 5. The molecule has 5 rings (SSSR count). The minimum Gasteiger partial charge on any atom is -0.496 e. The van der Waals surface area contributed by atoms with E-state index in [-0.39, 0.29) is 6.04 Å². The Morgan fingerprint density at radius 2 is 1.62 bits per heavy atom. The third kappa shape index (κ3) is 3.78. The standard InChI is InChI=1S/C26H23N5O/c1-18(19-10-4-3-5-11-19)28-26-29-22(20-12-6-9-15-24(20)32-2)16-25(30-26)31-17-27-21-13-7-8-14-23(21)31/h3-18H,1-2H3,(H,28,29,30)/t18-/m0/s1. The van der Waals surface area contributed by atoms with E-state index in [1.807, 2.05) is 77.4 Å². The van der Waals surface area contributed by atoms with Crippen LogP contribution in [-0.2, 0) is 0 Å². The molecule has 0 fully saturated rings. The van der Waals surface area contributed by atoms with Crippen LogP contribution in [0.2, 0.25) is 0 Å². The van der Waals surface area contributed by atoms with Crippen LogP contribution in [0.3, 0.4) is 0 Å². The summed E-state index contributed by atoms with van der Waals surface area (Å²) in [5.41, 5.74) is 4.73. The molecule has 3 aromatic carbocycles. The Labute approximate surface area is 186 Å². The predicted octanol–water partition coefficient (Wildman–Crippen LogP) is 5.66. The first-order chi connectivity index (χ1) is 15.7. The summed E-state index contributed by atoms with van der Waals surface area (Å²) < 4.78 is 7.57. The number of ether oxygens (including phenoxy) is 1. The van der Waals surface area contributed by atoms with Crippen molar-refractivity contribution in [3.63, 3.8) is 0 Å². The fourth-order valence-electron chi connectivity index (χ4n) is 3.78. The Morgan fingerprint density at radius 3 is 2.47 bits per heavy atom. The number of benzene rings is 3. The number of imidazole rings is 1. The molecule has 158 valence electrons. The second-order valence-electron chi connectivity index (χ2n) is 7.52. The van der Waals surface area contributed by atoms with Gasteiger partial charge in [-0.1, -0.05) is 54.6 Å².